The van der Waals surface area contributed by atoms with Gasteiger partial charge in [-0.2, -0.15) is 0 Å². The summed E-state index contributed by atoms with van der Waals surface area (Å²) in [6.45, 7) is 3.97. The molecule has 3 aromatic rings. The number of nitrogens with one attached hydrogen (secondary N) is 1. The zero-order valence-corrected chi connectivity index (χ0v) is 18.9. The maximum absolute atomic E-state index is 12.6. The maximum Gasteiger partial charge on any atom is 0.255 e. The summed E-state index contributed by atoms with van der Waals surface area (Å²) < 4.78 is 31.6. The second kappa shape index (κ2) is 9.22. The Labute approximate surface area is 183 Å². The van der Waals surface area contributed by atoms with E-state index in [1.54, 1.807) is 55.6 Å². The summed E-state index contributed by atoms with van der Waals surface area (Å²) in [5.41, 5.74) is 4.35. The number of amides is 1. The summed E-state index contributed by atoms with van der Waals surface area (Å²) >= 11 is 0. The van der Waals surface area contributed by atoms with Gasteiger partial charge in [0.2, 0.25) is 10.0 Å². The molecule has 0 aromatic heterocycles. The number of benzene rings is 3. The number of rotatable bonds is 7. The number of para-hydroxylation sites is 1. The molecule has 0 atom stereocenters. The first-order valence-corrected chi connectivity index (χ1v) is 11.6. The fourth-order valence-electron chi connectivity index (χ4n) is 3.39. The molecule has 3 aromatic carbocycles. The smallest absolute Gasteiger partial charge is 0.255 e. The summed E-state index contributed by atoms with van der Waals surface area (Å²) in [6.07, 6.45) is 1.20. The molecule has 0 spiro atoms. The summed E-state index contributed by atoms with van der Waals surface area (Å²) in [4.78, 5) is 12.6. The van der Waals surface area contributed by atoms with E-state index in [-0.39, 0.29) is 12.5 Å². The third-order valence-electron chi connectivity index (χ3n) is 4.96. The van der Waals surface area contributed by atoms with Gasteiger partial charge < -0.3 is 10.1 Å². The molecule has 0 aliphatic heterocycles. The van der Waals surface area contributed by atoms with Crippen molar-refractivity contribution in [2.45, 2.75) is 20.4 Å². The summed E-state index contributed by atoms with van der Waals surface area (Å²) in [5.74, 6) is 0.398. The minimum Gasteiger partial charge on any atom is -0.497 e. The summed E-state index contributed by atoms with van der Waals surface area (Å²) in [6, 6.07) is 19.7. The van der Waals surface area contributed by atoms with Gasteiger partial charge in [0.15, 0.2) is 0 Å². The highest BCUT2D eigenvalue weighted by Gasteiger charge is 2.21. The predicted octanol–water partition coefficient (Wildman–Crippen LogP) is 4.53. The van der Waals surface area contributed by atoms with Gasteiger partial charge in [0.1, 0.15) is 5.75 Å². The number of anilines is 2. The van der Waals surface area contributed by atoms with E-state index in [1.807, 2.05) is 32.0 Å². The summed E-state index contributed by atoms with van der Waals surface area (Å²) in [7, 11) is -1.93. The van der Waals surface area contributed by atoms with Crippen LogP contribution in [0.4, 0.5) is 11.4 Å². The Morgan fingerprint density at radius 3 is 2.16 bits per heavy atom. The predicted molar refractivity (Wildman–Crippen MR) is 124 cm³/mol. The molecule has 0 aliphatic rings. The molecule has 0 bridgehead atoms. The van der Waals surface area contributed by atoms with Crippen LogP contribution in [-0.2, 0) is 16.6 Å². The highest BCUT2D eigenvalue weighted by Crippen LogP contribution is 2.28. The first-order chi connectivity index (χ1) is 14.7. The van der Waals surface area contributed by atoms with Gasteiger partial charge in [-0.1, -0.05) is 36.4 Å². The van der Waals surface area contributed by atoms with Crippen LogP contribution in [0.2, 0.25) is 0 Å². The van der Waals surface area contributed by atoms with E-state index >= 15 is 0 Å². The third-order valence-corrected chi connectivity index (χ3v) is 6.07. The van der Waals surface area contributed by atoms with E-state index < -0.39 is 10.0 Å². The molecule has 31 heavy (non-hydrogen) atoms. The molecule has 0 fully saturated rings. The van der Waals surface area contributed by atoms with Gasteiger partial charge in [-0.05, 0) is 54.8 Å². The Bertz CT molecular complexity index is 1170. The zero-order valence-electron chi connectivity index (χ0n) is 18.0. The lowest BCUT2D eigenvalue weighted by Gasteiger charge is -2.26. The summed E-state index contributed by atoms with van der Waals surface area (Å²) in [5, 5.41) is 2.83. The van der Waals surface area contributed by atoms with E-state index in [1.165, 1.54) is 10.6 Å². The average Bonchev–Trinajstić information content (AvgIpc) is 2.72. The quantitative estimate of drug-likeness (QED) is 0.588. The van der Waals surface area contributed by atoms with Crippen molar-refractivity contribution >= 4 is 27.3 Å². The number of hydrogen-bond acceptors (Lipinski definition) is 4. The monoisotopic (exact) mass is 438 g/mol. The van der Waals surface area contributed by atoms with Crippen molar-refractivity contribution in [3.05, 3.63) is 89.0 Å². The molecule has 1 N–H and O–H groups in total. The largest absolute Gasteiger partial charge is 0.497 e. The number of hydrogen-bond donors (Lipinski definition) is 1. The molecule has 6 nitrogen and oxygen atoms in total. The van der Waals surface area contributed by atoms with Crippen LogP contribution >= 0.6 is 0 Å². The zero-order chi connectivity index (χ0) is 22.6. The van der Waals surface area contributed by atoms with Crippen LogP contribution in [0.1, 0.15) is 27.0 Å². The van der Waals surface area contributed by atoms with Crippen LogP contribution in [0, 0.1) is 13.8 Å². The Hall–Kier alpha value is -3.32. The van der Waals surface area contributed by atoms with E-state index in [9.17, 15) is 13.2 Å². The van der Waals surface area contributed by atoms with Crippen molar-refractivity contribution in [2.75, 3.05) is 23.0 Å². The SMILES string of the molecule is COc1cccc(NC(=O)c2ccc(CN(c3c(C)cccc3C)S(C)(=O)=O)cc2)c1. The molecule has 1 amide bonds. The van der Waals surface area contributed by atoms with Crippen molar-refractivity contribution in [3.63, 3.8) is 0 Å². The van der Waals surface area contributed by atoms with Crippen LogP contribution in [-0.4, -0.2) is 27.7 Å². The van der Waals surface area contributed by atoms with Gasteiger partial charge in [-0.25, -0.2) is 8.42 Å². The van der Waals surface area contributed by atoms with Gasteiger partial charge >= 0.3 is 0 Å². The lowest BCUT2D eigenvalue weighted by molar-refractivity contribution is 0.102. The number of methoxy groups -OCH3 is 1. The number of ether oxygens (including phenoxy) is 1. The van der Waals surface area contributed by atoms with Gasteiger partial charge in [0.25, 0.3) is 5.91 Å². The van der Waals surface area contributed by atoms with Crippen LogP contribution in [0.3, 0.4) is 0 Å². The minimum absolute atomic E-state index is 0.183. The number of sulfonamides is 1. The molecule has 0 saturated carbocycles. The third kappa shape index (κ3) is 5.44. The molecule has 0 aliphatic carbocycles. The molecule has 3 rings (SSSR count). The van der Waals surface area contributed by atoms with Crippen LogP contribution in [0.25, 0.3) is 0 Å². The van der Waals surface area contributed by atoms with Crippen molar-refractivity contribution in [1.29, 1.82) is 0 Å². The molecule has 0 heterocycles. The molecule has 162 valence electrons. The van der Waals surface area contributed by atoms with E-state index in [0.29, 0.717) is 22.7 Å². The van der Waals surface area contributed by atoms with Gasteiger partial charge in [0.05, 0.1) is 25.6 Å². The molecule has 0 radical (unpaired) electrons. The number of carbonyl (C=O) groups excluding carboxylic acids is 1. The van der Waals surface area contributed by atoms with E-state index in [2.05, 4.69) is 5.32 Å². The second-order valence-electron chi connectivity index (χ2n) is 7.39. The van der Waals surface area contributed by atoms with Crippen molar-refractivity contribution in [1.82, 2.24) is 0 Å². The van der Waals surface area contributed by atoms with Crippen LogP contribution < -0.4 is 14.4 Å². The van der Waals surface area contributed by atoms with E-state index in [4.69, 9.17) is 4.74 Å². The molecular weight excluding hydrogens is 412 g/mol. The first kappa shape index (κ1) is 22.4. The molecular formula is C24H26N2O4S. The number of aryl methyl sites for hydroxylation is 2. The Balaban J connectivity index is 1.80. The van der Waals surface area contributed by atoms with Crippen molar-refractivity contribution in [2.24, 2.45) is 0 Å². The lowest BCUT2D eigenvalue weighted by atomic mass is 10.1. The van der Waals surface area contributed by atoms with E-state index in [0.717, 1.165) is 16.7 Å². The number of nitrogens with zero attached hydrogens (tertiary/aromatic N) is 1. The van der Waals surface area contributed by atoms with Gasteiger partial charge in [0, 0.05) is 17.3 Å². The maximum atomic E-state index is 12.6. The van der Waals surface area contributed by atoms with Crippen LogP contribution in [0.5, 0.6) is 5.75 Å². The highest BCUT2D eigenvalue weighted by molar-refractivity contribution is 7.92. The van der Waals surface area contributed by atoms with Crippen LogP contribution in [0.15, 0.2) is 66.7 Å². The lowest BCUT2D eigenvalue weighted by Crippen LogP contribution is -2.30. The minimum atomic E-state index is -3.49. The normalized spacial score (nSPS) is 11.1. The standard InChI is InChI=1S/C24H26N2O4S/c1-17-7-5-8-18(2)23(17)26(31(4,28)29)16-19-11-13-20(14-12-19)24(27)25-21-9-6-10-22(15-21)30-3/h5-15H,16H2,1-4H3,(H,25,27). The van der Waals surface area contributed by atoms with Crippen molar-refractivity contribution < 1.29 is 17.9 Å². The number of carbonyl (C=O) groups is 1. The van der Waals surface area contributed by atoms with Gasteiger partial charge in [-0.3, -0.25) is 9.10 Å². The second-order valence-corrected chi connectivity index (χ2v) is 9.30. The Morgan fingerprint density at radius 1 is 0.968 bits per heavy atom. The Morgan fingerprint density at radius 2 is 1.58 bits per heavy atom. The fraction of sp³-hybridized carbons (Fsp3) is 0.208. The highest BCUT2D eigenvalue weighted by atomic mass is 32.2. The first-order valence-electron chi connectivity index (χ1n) is 9.77. The Kier molecular flexibility index (Phi) is 6.65. The van der Waals surface area contributed by atoms with Crippen molar-refractivity contribution in [3.8, 4) is 5.75 Å². The fourth-order valence-corrected chi connectivity index (χ4v) is 4.40. The topological polar surface area (TPSA) is 75.7 Å². The molecule has 7 heteroatoms. The average molecular weight is 439 g/mol. The van der Waals surface area contributed by atoms with Gasteiger partial charge in [-0.15, -0.1) is 0 Å². The molecule has 0 unspecified atom stereocenters. The molecule has 0 saturated heterocycles.